The van der Waals surface area contributed by atoms with E-state index in [-0.39, 0.29) is 13.0 Å². The highest BCUT2D eigenvalue weighted by molar-refractivity contribution is 7.46. The van der Waals surface area contributed by atoms with Crippen molar-refractivity contribution < 1.29 is 37.9 Å². The standard InChI is InChI=1S/C27H51O8P/c1-3-4-5-6-7-8-9-10-11-12-13-14-15-16-17-18-19-20-21-22-27(29)35-26(23-33-25(2)28)24-34-36(30,31)32/h10-11,26H,3-9,12-24H2,1-2H3,(H2,30,31,32)/b11-10-. The van der Waals surface area contributed by atoms with Crippen molar-refractivity contribution in [2.45, 2.75) is 136 Å². The molecule has 0 fully saturated rings. The Labute approximate surface area is 218 Å². The molecule has 0 heterocycles. The Kier molecular flexibility index (Phi) is 23.3. The third kappa shape index (κ3) is 27.4. The molecule has 0 amide bonds. The number of ether oxygens (including phenoxy) is 2. The first-order valence-corrected chi connectivity index (χ1v) is 15.5. The lowest BCUT2D eigenvalue weighted by atomic mass is 10.1. The van der Waals surface area contributed by atoms with Gasteiger partial charge in [0.2, 0.25) is 0 Å². The van der Waals surface area contributed by atoms with Gasteiger partial charge < -0.3 is 19.3 Å². The van der Waals surface area contributed by atoms with Crippen molar-refractivity contribution in [1.82, 2.24) is 0 Å². The van der Waals surface area contributed by atoms with Crippen LogP contribution in [0.2, 0.25) is 0 Å². The van der Waals surface area contributed by atoms with Crippen molar-refractivity contribution in [1.29, 1.82) is 0 Å². The van der Waals surface area contributed by atoms with Gasteiger partial charge in [-0.1, -0.05) is 96.1 Å². The molecule has 0 aromatic carbocycles. The molecule has 2 N–H and O–H groups in total. The second-order valence-electron chi connectivity index (χ2n) is 9.45. The molecule has 0 saturated heterocycles. The summed E-state index contributed by atoms with van der Waals surface area (Å²) >= 11 is 0. The molecule has 212 valence electrons. The lowest BCUT2D eigenvalue weighted by molar-refractivity contribution is -0.160. The zero-order valence-corrected chi connectivity index (χ0v) is 23.6. The van der Waals surface area contributed by atoms with Crippen LogP contribution in [0.3, 0.4) is 0 Å². The fraction of sp³-hybridized carbons (Fsp3) is 0.852. The van der Waals surface area contributed by atoms with Crippen LogP contribution in [-0.4, -0.2) is 41.0 Å². The van der Waals surface area contributed by atoms with Gasteiger partial charge in [-0.15, -0.1) is 0 Å². The predicted molar refractivity (Wildman–Crippen MR) is 142 cm³/mol. The number of hydrogen-bond donors (Lipinski definition) is 2. The van der Waals surface area contributed by atoms with Crippen LogP contribution in [0.5, 0.6) is 0 Å². The summed E-state index contributed by atoms with van der Waals surface area (Å²) in [5, 5.41) is 0. The van der Waals surface area contributed by atoms with Gasteiger partial charge in [0.25, 0.3) is 0 Å². The number of phosphoric acid groups is 1. The van der Waals surface area contributed by atoms with Gasteiger partial charge in [-0.05, 0) is 32.1 Å². The predicted octanol–water partition coefficient (Wildman–Crippen LogP) is 7.17. The SMILES string of the molecule is CCCCCCCC/C=C\CCCCCCCCCCCC(=O)OC(COC(C)=O)COP(=O)(O)O. The van der Waals surface area contributed by atoms with Gasteiger partial charge in [-0.3, -0.25) is 14.1 Å². The molecule has 1 atom stereocenters. The van der Waals surface area contributed by atoms with Crippen molar-refractivity contribution in [3.8, 4) is 0 Å². The van der Waals surface area contributed by atoms with Crippen molar-refractivity contribution in [2.75, 3.05) is 13.2 Å². The van der Waals surface area contributed by atoms with Crippen LogP contribution < -0.4 is 0 Å². The largest absolute Gasteiger partial charge is 0.469 e. The fourth-order valence-corrected chi connectivity index (χ4v) is 4.16. The molecule has 9 heteroatoms. The van der Waals surface area contributed by atoms with E-state index < -0.39 is 32.5 Å². The van der Waals surface area contributed by atoms with Gasteiger partial charge in [0, 0.05) is 13.3 Å². The Morgan fingerprint density at radius 1 is 0.750 bits per heavy atom. The minimum atomic E-state index is -4.70. The van der Waals surface area contributed by atoms with Crippen molar-refractivity contribution in [3.63, 3.8) is 0 Å². The lowest BCUT2D eigenvalue weighted by Gasteiger charge is -2.18. The van der Waals surface area contributed by atoms with Crippen LogP contribution in [0, 0.1) is 0 Å². The molecular weight excluding hydrogens is 483 g/mol. The number of unbranched alkanes of at least 4 members (excludes halogenated alkanes) is 15. The molecule has 1 unspecified atom stereocenters. The van der Waals surface area contributed by atoms with Crippen LogP contribution in [0.15, 0.2) is 12.2 Å². The summed E-state index contributed by atoms with van der Waals surface area (Å²) in [7, 11) is -4.70. The Bertz CT molecular complexity index is 617. The molecule has 0 radical (unpaired) electrons. The zero-order chi connectivity index (χ0) is 26.9. The highest BCUT2D eigenvalue weighted by atomic mass is 31.2. The van der Waals surface area contributed by atoms with E-state index in [1.54, 1.807) is 0 Å². The quantitative estimate of drug-likeness (QED) is 0.0547. The Hall–Kier alpha value is -1.21. The van der Waals surface area contributed by atoms with Crippen LogP contribution >= 0.6 is 7.82 Å². The Morgan fingerprint density at radius 2 is 1.22 bits per heavy atom. The van der Waals surface area contributed by atoms with Gasteiger partial charge in [0.05, 0.1) is 6.61 Å². The van der Waals surface area contributed by atoms with Gasteiger partial charge >= 0.3 is 19.8 Å². The van der Waals surface area contributed by atoms with Gasteiger partial charge in [-0.2, -0.15) is 0 Å². The smallest absolute Gasteiger partial charge is 0.462 e. The van der Waals surface area contributed by atoms with Crippen LogP contribution in [0.4, 0.5) is 0 Å². The maximum absolute atomic E-state index is 12.0. The highest BCUT2D eigenvalue weighted by Gasteiger charge is 2.22. The fourth-order valence-electron chi connectivity index (χ4n) is 3.80. The number of rotatable bonds is 25. The molecule has 0 bridgehead atoms. The third-order valence-corrected chi connectivity index (χ3v) is 6.33. The van der Waals surface area contributed by atoms with Crippen LogP contribution in [0.1, 0.15) is 129 Å². The summed E-state index contributed by atoms with van der Waals surface area (Å²) in [5.74, 6) is -1.08. The summed E-state index contributed by atoms with van der Waals surface area (Å²) in [4.78, 5) is 40.5. The second kappa shape index (κ2) is 24.1. The summed E-state index contributed by atoms with van der Waals surface area (Å²) in [6.45, 7) is 2.60. The molecular formula is C27H51O8P. The first kappa shape index (κ1) is 34.8. The van der Waals surface area contributed by atoms with E-state index >= 15 is 0 Å². The number of hydrogen-bond acceptors (Lipinski definition) is 6. The first-order chi connectivity index (χ1) is 17.2. The van der Waals surface area contributed by atoms with Crippen LogP contribution in [0.25, 0.3) is 0 Å². The minimum absolute atomic E-state index is 0.207. The molecule has 36 heavy (non-hydrogen) atoms. The second-order valence-corrected chi connectivity index (χ2v) is 10.7. The summed E-state index contributed by atoms with van der Waals surface area (Å²) in [6, 6.07) is 0. The molecule has 0 aromatic heterocycles. The molecule has 0 saturated carbocycles. The molecule has 0 aromatic rings. The van der Waals surface area contributed by atoms with Crippen molar-refractivity contribution in [2.24, 2.45) is 0 Å². The van der Waals surface area contributed by atoms with Crippen LogP contribution in [-0.2, 0) is 28.2 Å². The molecule has 0 aliphatic rings. The molecule has 0 spiro atoms. The number of esters is 2. The lowest BCUT2D eigenvalue weighted by Crippen LogP contribution is -2.29. The molecule has 8 nitrogen and oxygen atoms in total. The normalized spacial score (nSPS) is 12.7. The maximum atomic E-state index is 12.0. The first-order valence-electron chi connectivity index (χ1n) is 13.9. The number of carbonyl (C=O) groups is 2. The van der Waals surface area contributed by atoms with E-state index in [1.807, 2.05) is 0 Å². The van der Waals surface area contributed by atoms with E-state index in [1.165, 1.54) is 90.4 Å². The molecule has 0 aliphatic heterocycles. The van der Waals surface area contributed by atoms with E-state index in [0.717, 1.165) is 19.3 Å². The summed E-state index contributed by atoms with van der Waals surface area (Å²) in [5.41, 5.74) is 0. The molecule has 0 rings (SSSR count). The molecule has 0 aliphatic carbocycles. The van der Waals surface area contributed by atoms with E-state index in [4.69, 9.17) is 19.3 Å². The van der Waals surface area contributed by atoms with Crippen molar-refractivity contribution >= 4 is 19.8 Å². The summed E-state index contributed by atoms with van der Waals surface area (Å²) < 4.78 is 25.1. The van der Waals surface area contributed by atoms with E-state index in [0.29, 0.717) is 6.42 Å². The van der Waals surface area contributed by atoms with Crippen molar-refractivity contribution in [3.05, 3.63) is 12.2 Å². The highest BCUT2D eigenvalue weighted by Crippen LogP contribution is 2.35. The maximum Gasteiger partial charge on any atom is 0.469 e. The Balaban J connectivity index is 3.61. The monoisotopic (exact) mass is 534 g/mol. The third-order valence-electron chi connectivity index (χ3n) is 5.84. The van der Waals surface area contributed by atoms with E-state index in [2.05, 4.69) is 23.6 Å². The topological polar surface area (TPSA) is 119 Å². The average Bonchev–Trinajstić information content (AvgIpc) is 2.81. The van der Waals surface area contributed by atoms with Gasteiger partial charge in [-0.25, -0.2) is 4.57 Å². The zero-order valence-electron chi connectivity index (χ0n) is 22.7. The Morgan fingerprint density at radius 3 is 1.69 bits per heavy atom. The minimum Gasteiger partial charge on any atom is -0.462 e. The van der Waals surface area contributed by atoms with Gasteiger partial charge in [0.1, 0.15) is 6.61 Å². The number of allylic oxidation sites excluding steroid dienone is 2. The number of phosphoric ester groups is 1. The average molecular weight is 535 g/mol. The van der Waals surface area contributed by atoms with E-state index in [9.17, 15) is 14.2 Å². The number of carbonyl (C=O) groups excluding carboxylic acids is 2. The van der Waals surface area contributed by atoms with Gasteiger partial charge in [0.15, 0.2) is 6.10 Å². The summed E-state index contributed by atoms with van der Waals surface area (Å²) in [6.07, 6.45) is 24.5.